The molecule has 0 saturated heterocycles. The maximum absolute atomic E-state index is 6.01. The predicted molar refractivity (Wildman–Crippen MR) is 63.6 cm³/mol. The first-order valence-electron chi connectivity index (χ1n) is 4.90. The minimum absolute atomic E-state index is 0.111. The number of benzene rings is 1. The normalized spacial score (nSPS) is 12.4. The van der Waals surface area contributed by atoms with Gasteiger partial charge in [0.2, 0.25) is 0 Å². The molecule has 1 aromatic heterocycles. The average molecular weight is 238 g/mol. The van der Waals surface area contributed by atoms with Gasteiger partial charge in [-0.25, -0.2) is 0 Å². The zero-order chi connectivity index (χ0) is 11.5. The quantitative estimate of drug-likeness (QED) is 0.829. The van der Waals surface area contributed by atoms with Crippen molar-refractivity contribution < 1.29 is 9.15 Å². The summed E-state index contributed by atoms with van der Waals surface area (Å²) in [4.78, 5) is 0. The van der Waals surface area contributed by atoms with Crippen molar-refractivity contribution >= 4 is 17.3 Å². The van der Waals surface area contributed by atoms with Gasteiger partial charge in [0.05, 0.1) is 17.5 Å². The van der Waals surface area contributed by atoms with Crippen LogP contribution in [0.25, 0.3) is 0 Å². The molecule has 1 aromatic carbocycles. The van der Waals surface area contributed by atoms with E-state index in [0.29, 0.717) is 16.5 Å². The lowest BCUT2D eigenvalue weighted by Gasteiger charge is -2.14. The number of ether oxygens (including phenoxy) is 1. The summed E-state index contributed by atoms with van der Waals surface area (Å²) in [5, 5.41) is 0.510. The lowest BCUT2D eigenvalue weighted by Crippen LogP contribution is -2.02. The molecule has 0 saturated carbocycles. The molecule has 0 amide bonds. The number of furan rings is 1. The van der Waals surface area contributed by atoms with Crippen molar-refractivity contribution in [2.45, 2.75) is 13.0 Å². The molecule has 2 rings (SSSR count). The molecule has 0 fully saturated rings. The van der Waals surface area contributed by atoms with Crippen molar-refractivity contribution in [1.29, 1.82) is 0 Å². The van der Waals surface area contributed by atoms with E-state index in [1.54, 1.807) is 30.7 Å². The van der Waals surface area contributed by atoms with Crippen LogP contribution in [-0.4, -0.2) is 0 Å². The Kier molecular flexibility index (Phi) is 3.06. The SMILES string of the molecule is CC(Oc1ccc(N)cc1Cl)c1ccoc1. The van der Waals surface area contributed by atoms with Crippen LogP contribution in [0.5, 0.6) is 5.75 Å². The highest BCUT2D eigenvalue weighted by atomic mass is 35.5. The van der Waals surface area contributed by atoms with Crippen molar-refractivity contribution in [2.24, 2.45) is 0 Å². The van der Waals surface area contributed by atoms with Crippen molar-refractivity contribution in [1.82, 2.24) is 0 Å². The lowest BCUT2D eigenvalue weighted by molar-refractivity contribution is 0.226. The second-order valence-electron chi connectivity index (χ2n) is 3.51. The number of anilines is 1. The van der Waals surface area contributed by atoms with Crippen molar-refractivity contribution in [3.63, 3.8) is 0 Å². The van der Waals surface area contributed by atoms with E-state index in [-0.39, 0.29) is 6.10 Å². The van der Waals surface area contributed by atoms with Gasteiger partial charge < -0.3 is 14.9 Å². The Hall–Kier alpha value is -1.61. The summed E-state index contributed by atoms with van der Waals surface area (Å²) in [6, 6.07) is 7.03. The molecule has 0 spiro atoms. The van der Waals surface area contributed by atoms with Crippen molar-refractivity contribution in [2.75, 3.05) is 5.73 Å². The molecule has 2 aromatic rings. The van der Waals surface area contributed by atoms with E-state index in [2.05, 4.69) is 0 Å². The summed E-state index contributed by atoms with van der Waals surface area (Å²) in [5.41, 5.74) is 7.18. The van der Waals surface area contributed by atoms with E-state index in [1.165, 1.54) is 0 Å². The van der Waals surface area contributed by atoms with Crippen LogP contribution < -0.4 is 10.5 Å². The molecule has 84 valence electrons. The molecule has 0 aliphatic heterocycles. The fraction of sp³-hybridized carbons (Fsp3) is 0.167. The number of hydrogen-bond acceptors (Lipinski definition) is 3. The van der Waals surface area contributed by atoms with Crippen molar-refractivity contribution in [3.05, 3.63) is 47.4 Å². The lowest BCUT2D eigenvalue weighted by atomic mass is 10.2. The third-order valence-corrected chi connectivity index (χ3v) is 2.57. The van der Waals surface area contributed by atoms with Gasteiger partial charge in [-0.2, -0.15) is 0 Å². The van der Waals surface area contributed by atoms with Crippen LogP contribution in [-0.2, 0) is 0 Å². The monoisotopic (exact) mass is 237 g/mol. The highest BCUT2D eigenvalue weighted by Crippen LogP contribution is 2.30. The summed E-state index contributed by atoms with van der Waals surface area (Å²) in [7, 11) is 0. The van der Waals surface area contributed by atoms with E-state index in [9.17, 15) is 0 Å². The minimum atomic E-state index is -0.111. The molecule has 1 heterocycles. The molecule has 4 heteroatoms. The predicted octanol–water partition coefficient (Wildman–Crippen LogP) is 3.66. The van der Waals surface area contributed by atoms with Gasteiger partial charge in [-0.3, -0.25) is 0 Å². The van der Waals surface area contributed by atoms with E-state index in [4.69, 9.17) is 26.5 Å². The summed E-state index contributed by atoms with van der Waals surface area (Å²) in [6.07, 6.45) is 3.15. The minimum Gasteiger partial charge on any atom is -0.484 e. The van der Waals surface area contributed by atoms with Crippen LogP contribution in [0.4, 0.5) is 5.69 Å². The average Bonchev–Trinajstić information content (AvgIpc) is 2.75. The van der Waals surface area contributed by atoms with Crippen LogP contribution in [0.15, 0.2) is 41.2 Å². The topological polar surface area (TPSA) is 48.4 Å². The van der Waals surface area contributed by atoms with Gasteiger partial charge in [0.25, 0.3) is 0 Å². The molecule has 0 aliphatic rings. The van der Waals surface area contributed by atoms with Gasteiger partial charge >= 0.3 is 0 Å². The number of nitrogens with two attached hydrogens (primary N) is 1. The third kappa shape index (κ3) is 2.31. The summed E-state index contributed by atoms with van der Waals surface area (Å²) < 4.78 is 10.7. The zero-order valence-corrected chi connectivity index (χ0v) is 9.57. The molecule has 1 atom stereocenters. The van der Waals surface area contributed by atoms with Crippen LogP contribution >= 0.6 is 11.6 Å². The van der Waals surface area contributed by atoms with E-state index in [0.717, 1.165) is 5.56 Å². The molecular formula is C12H12ClNO2. The van der Waals surface area contributed by atoms with Gasteiger partial charge in [-0.05, 0) is 31.2 Å². The fourth-order valence-corrected chi connectivity index (χ4v) is 1.61. The van der Waals surface area contributed by atoms with Gasteiger partial charge in [0.1, 0.15) is 11.9 Å². The Bertz CT molecular complexity index is 468. The molecule has 1 unspecified atom stereocenters. The van der Waals surface area contributed by atoms with E-state index >= 15 is 0 Å². The molecule has 0 aliphatic carbocycles. The molecule has 0 bridgehead atoms. The Morgan fingerprint density at radius 1 is 1.38 bits per heavy atom. The van der Waals surface area contributed by atoms with E-state index in [1.807, 2.05) is 13.0 Å². The maximum Gasteiger partial charge on any atom is 0.138 e. The Balaban J connectivity index is 2.15. The van der Waals surface area contributed by atoms with Gasteiger partial charge in [0.15, 0.2) is 0 Å². The number of halogens is 1. The second-order valence-corrected chi connectivity index (χ2v) is 3.91. The fourth-order valence-electron chi connectivity index (χ4n) is 1.38. The van der Waals surface area contributed by atoms with Gasteiger partial charge in [-0.15, -0.1) is 0 Å². The molecule has 16 heavy (non-hydrogen) atoms. The number of nitrogen functional groups attached to an aromatic ring is 1. The first-order chi connectivity index (χ1) is 7.66. The number of hydrogen-bond donors (Lipinski definition) is 1. The van der Waals surface area contributed by atoms with E-state index < -0.39 is 0 Å². The highest BCUT2D eigenvalue weighted by Gasteiger charge is 2.10. The summed E-state index contributed by atoms with van der Waals surface area (Å²) >= 11 is 6.01. The maximum atomic E-state index is 6.01. The smallest absolute Gasteiger partial charge is 0.138 e. The Morgan fingerprint density at radius 2 is 2.19 bits per heavy atom. The van der Waals surface area contributed by atoms with Gasteiger partial charge in [-0.1, -0.05) is 11.6 Å². The highest BCUT2D eigenvalue weighted by molar-refractivity contribution is 6.32. The standard InChI is InChI=1S/C12H12ClNO2/c1-8(9-4-5-15-7-9)16-12-3-2-10(14)6-11(12)13/h2-8H,14H2,1H3. The van der Waals surface area contributed by atoms with Crippen LogP contribution in [0.3, 0.4) is 0 Å². The van der Waals surface area contributed by atoms with Crippen molar-refractivity contribution in [3.8, 4) is 5.75 Å². The molecular weight excluding hydrogens is 226 g/mol. The summed E-state index contributed by atoms with van der Waals surface area (Å²) in [6.45, 7) is 1.93. The second kappa shape index (κ2) is 4.49. The Labute approximate surface area is 98.8 Å². The first-order valence-corrected chi connectivity index (χ1v) is 5.28. The molecule has 3 nitrogen and oxygen atoms in total. The summed E-state index contributed by atoms with van der Waals surface area (Å²) in [5.74, 6) is 0.615. The Morgan fingerprint density at radius 3 is 2.81 bits per heavy atom. The zero-order valence-electron chi connectivity index (χ0n) is 8.81. The van der Waals surface area contributed by atoms with Crippen LogP contribution in [0.1, 0.15) is 18.6 Å². The van der Waals surface area contributed by atoms with Gasteiger partial charge in [0, 0.05) is 11.3 Å². The first kappa shape index (κ1) is 10.9. The largest absolute Gasteiger partial charge is 0.484 e. The number of rotatable bonds is 3. The molecule has 2 N–H and O–H groups in total. The van der Waals surface area contributed by atoms with Crippen LogP contribution in [0, 0.1) is 0 Å². The molecule has 0 radical (unpaired) electrons. The van der Waals surface area contributed by atoms with Crippen LogP contribution in [0.2, 0.25) is 5.02 Å². The third-order valence-electron chi connectivity index (χ3n) is 2.27.